The van der Waals surface area contributed by atoms with E-state index in [0.717, 1.165) is 21.6 Å². The summed E-state index contributed by atoms with van der Waals surface area (Å²) >= 11 is 3.08. The fourth-order valence-electron chi connectivity index (χ4n) is 2.13. The van der Waals surface area contributed by atoms with Crippen LogP contribution in [-0.2, 0) is 0 Å². The Balaban J connectivity index is 1.97. The second-order valence-corrected chi connectivity index (χ2v) is 6.51. The molecule has 0 bridgehead atoms. The zero-order valence-electron chi connectivity index (χ0n) is 13.3. The molecular formula is C17H15F2N3OS2. The van der Waals surface area contributed by atoms with Crippen molar-refractivity contribution < 1.29 is 13.5 Å². The van der Waals surface area contributed by atoms with E-state index in [1.165, 1.54) is 23.5 Å². The van der Waals surface area contributed by atoms with Gasteiger partial charge in [-0.3, -0.25) is 4.99 Å². The van der Waals surface area contributed by atoms with Crippen LogP contribution < -0.4 is 9.54 Å². The molecule has 2 heterocycles. The molecule has 0 fully saturated rings. The molecule has 25 heavy (non-hydrogen) atoms. The van der Waals surface area contributed by atoms with Crippen LogP contribution in [0, 0.1) is 0 Å². The number of rotatable bonds is 6. The Bertz CT molecular complexity index is 897. The third-order valence-electron chi connectivity index (χ3n) is 3.22. The van der Waals surface area contributed by atoms with Crippen LogP contribution in [0.4, 0.5) is 8.78 Å². The van der Waals surface area contributed by atoms with Crippen molar-refractivity contribution in [2.75, 3.05) is 6.54 Å². The highest BCUT2D eigenvalue weighted by Gasteiger charge is 2.09. The van der Waals surface area contributed by atoms with E-state index in [1.807, 2.05) is 29.1 Å². The van der Waals surface area contributed by atoms with E-state index in [2.05, 4.69) is 14.8 Å². The van der Waals surface area contributed by atoms with Gasteiger partial charge in [0, 0.05) is 23.1 Å². The van der Waals surface area contributed by atoms with E-state index < -0.39 is 6.61 Å². The largest absolute Gasteiger partial charge is 0.435 e. The summed E-state index contributed by atoms with van der Waals surface area (Å²) in [4.78, 5) is 5.23. The van der Waals surface area contributed by atoms with Gasteiger partial charge in [0.1, 0.15) is 5.75 Å². The Morgan fingerprint density at radius 3 is 2.64 bits per heavy atom. The van der Waals surface area contributed by atoms with Gasteiger partial charge < -0.3 is 4.74 Å². The molecule has 1 aromatic carbocycles. The summed E-state index contributed by atoms with van der Waals surface area (Å²) in [6.45, 7) is -0.222. The number of benzene rings is 1. The molecule has 3 rings (SSSR count). The molecule has 4 nitrogen and oxygen atoms in total. The predicted molar refractivity (Wildman–Crippen MR) is 97.8 cm³/mol. The molecule has 0 amide bonds. The van der Waals surface area contributed by atoms with Gasteiger partial charge in [0.05, 0.1) is 11.9 Å². The highest BCUT2D eigenvalue weighted by atomic mass is 32.1. The summed E-state index contributed by atoms with van der Waals surface area (Å²) in [6.07, 6.45) is 1.77. The fraction of sp³-hybridized carbons (Fsp3) is 0.176. The fourth-order valence-corrected chi connectivity index (χ4v) is 3.65. The van der Waals surface area contributed by atoms with Crippen LogP contribution in [0.1, 0.15) is 12.5 Å². The third-order valence-corrected chi connectivity index (χ3v) is 4.77. The van der Waals surface area contributed by atoms with E-state index in [0.29, 0.717) is 6.54 Å². The second kappa shape index (κ2) is 8.17. The smallest absolute Gasteiger partial charge is 0.387 e. The molecule has 8 heteroatoms. The number of alkyl halides is 2. The molecule has 3 aromatic rings. The molecule has 0 aliphatic carbocycles. The molecule has 2 aromatic heterocycles. The lowest BCUT2D eigenvalue weighted by Gasteiger charge is -2.06. The first kappa shape index (κ1) is 17.5. The van der Waals surface area contributed by atoms with Crippen LogP contribution >= 0.6 is 22.7 Å². The topological polar surface area (TPSA) is 38.9 Å². The second-order valence-electron chi connectivity index (χ2n) is 4.89. The Kier molecular flexibility index (Phi) is 5.72. The quantitative estimate of drug-likeness (QED) is 0.573. The highest BCUT2D eigenvalue weighted by Crippen LogP contribution is 2.24. The van der Waals surface area contributed by atoms with Crippen molar-refractivity contribution in [1.82, 2.24) is 4.68 Å². The molecule has 0 N–H and O–H groups in total. The van der Waals surface area contributed by atoms with Crippen LogP contribution in [-0.4, -0.2) is 24.0 Å². The summed E-state index contributed by atoms with van der Waals surface area (Å²) < 4.78 is 30.7. The molecule has 130 valence electrons. The third kappa shape index (κ3) is 4.40. The van der Waals surface area contributed by atoms with Crippen LogP contribution in [0.25, 0.3) is 11.3 Å². The lowest BCUT2D eigenvalue weighted by atomic mass is 10.2. The van der Waals surface area contributed by atoms with Gasteiger partial charge in [-0.2, -0.15) is 25.2 Å². The van der Waals surface area contributed by atoms with E-state index in [4.69, 9.17) is 0 Å². The van der Waals surface area contributed by atoms with E-state index in [-0.39, 0.29) is 5.75 Å². The van der Waals surface area contributed by atoms with Crippen molar-refractivity contribution in [1.29, 1.82) is 0 Å². The molecule has 0 radical (unpaired) electrons. The van der Waals surface area contributed by atoms with Gasteiger partial charge in [-0.15, -0.1) is 11.3 Å². The van der Waals surface area contributed by atoms with E-state index in [9.17, 15) is 8.78 Å². The molecule has 0 saturated carbocycles. The lowest BCUT2D eigenvalue weighted by Crippen LogP contribution is -2.12. The average Bonchev–Trinajstić information content (AvgIpc) is 3.23. The van der Waals surface area contributed by atoms with Crippen LogP contribution in [0.3, 0.4) is 0 Å². The van der Waals surface area contributed by atoms with Gasteiger partial charge in [-0.25, -0.2) is 4.68 Å². The highest BCUT2D eigenvalue weighted by molar-refractivity contribution is 7.08. The van der Waals surface area contributed by atoms with E-state index >= 15 is 0 Å². The maximum Gasteiger partial charge on any atom is 0.387 e. The molecule has 0 aliphatic heterocycles. The standard InChI is InChI=1S/C17H15F2N3OS2/c1-2-20-17-22(21-9-12-7-8-24-10-12)15(11-25-17)13-3-5-14(6-4-13)23-16(18)19/h3-11,16H,2H2,1H3. The van der Waals surface area contributed by atoms with Gasteiger partial charge in [-0.1, -0.05) is 0 Å². The number of hydrogen-bond acceptors (Lipinski definition) is 5. The number of aromatic nitrogens is 1. The summed E-state index contributed by atoms with van der Waals surface area (Å²) in [5.41, 5.74) is 2.70. The van der Waals surface area contributed by atoms with Gasteiger partial charge in [0.15, 0.2) is 0 Å². The Morgan fingerprint density at radius 2 is 2.00 bits per heavy atom. The summed E-state index contributed by atoms with van der Waals surface area (Å²) in [7, 11) is 0. The van der Waals surface area contributed by atoms with Crippen molar-refractivity contribution in [3.8, 4) is 17.0 Å². The molecule has 0 spiro atoms. The van der Waals surface area contributed by atoms with Crippen LogP contribution in [0.2, 0.25) is 0 Å². The van der Waals surface area contributed by atoms with Gasteiger partial charge in [-0.05, 0) is 48.0 Å². The summed E-state index contributed by atoms with van der Waals surface area (Å²) in [5, 5.41) is 10.5. The van der Waals surface area contributed by atoms with Crippen molar-refractivity contribution in [3.63, 3.8) is 0 Å². The Labute approximate surface area is 151 Å². The molecule has 0 aliphatic rings. The first-order valence-corrected chi connectivity index (χ1v) is 9.32. The number of thiazole rings is 1. The zero-order valence-corrected chi connectivity index (χ0v) is 14.9. The number of ether oxygens (including phenoxy) is 1. The normalized spacial score (nSPS) is 12.4. The number of nitrogens with zero attached hydrogens (tertiary/aromatic N) is 3. The molecule has 0 atom stereocenters. The number of halogens is 2. The van der Waals surface area contributed by atoms with Gasteiger partial charge in [0.25, 0.3) is 0 Å². The number of thiophene rings is 1. The minimum Gasteiger partial charge on any atom is -0.435 e. The van der Waals surface area contributed by atoms with E-state index in [1.54, 1.807) is 34.4 Å². The molecule has 0 unspecified atom stereocenters. The summed E-state index contributed by atoms with van der Waals surface area (Å²) in [5.74, 6) is 0.126. The maximum atomic E-state index is 12.3. The van der Waals surface area contributed by atoms with Gasteiger partial charge >= 0.3 is 6.61 Å². The number of hydrogen-bond donors (Lipinski definition) is 0. The molecular weight excluding hydrogens is 364 g/mol. The Morgan fingerprint density at radius 1 is 1.20 bits per heavy atom. The van der Waals surface area contributed by atoms with Crippen LogP contribution in [0.15, 0.2) is 56.6 Å². The Hall–Kier alpha value is -2.32. The molecule has 0 saturated heterocycles. The summed E-state index contributed by atoms with van der Waals surface area (Å²) in [6, 6.07) is 8.47. The van der Waals surface area contributed by atoms with Crippen LogP contribution in [0.5, 0.6) is 5.75 Å². The minimum atomic E-state index is -2.83. The maximum absolute atomic E-state index is 12.3. The predicted octanol–water partition coefficient (Wildman–Crippen LogP) is 4.68. The average molecular weight is 379 g/mol. The van der Waals surface area contributed by atoms with Gasteiger partial charge in [0.2, 0.25) is 4.80 Å². The zero-order chi connectivity index (χ0) is 17.6. The van der Waals surface area contributed by atoms with Crippen molar-refractivity contribution in [3.05, 3.63) is 56.8 Å². The lowest BCUT2D eigenvalue weighted by molar-refractivity contribution is -0.0498. The van der Waals surface area contributed by atoms with Crippen molar-refractivity contribution in [2.24, 2.45) is 10.1 Å². The van der Waals surface area contributed by atoms with Crippen molar-refractivity contribution >= 4 is 28.9 Å². The SMILES string of the molecule is CCN=c1scc(-c2ccc(OC(F)F)cc2)n1N=Cc1ccsc1. The van der Waals surface area contributed by atoms with Crippen molar-refractivity contribution in [2.45, 2.75) is 13.5 Å². The first-order valence-electron chi connectivity index (χ1n) is 7.50. The minimum absolute atomic E-state index is 0.126. The monoisotopic (exact) mass is 379 g/mol. The first-order chi connectivity index (χ1) is 12.2.